The molecule has 2 N–H and O–H groups in total. The smallest absolute Gasteiger partial charge is 0.356 e. The number of carboxylic acids is 1. The lowest BCUT2D eigenvalue weighted by Gasteiger charge is -2.29. The second kappa shape index (κ2) is 3.92. The van der Waals surface area contributed by atoms with Crippen LogP contribution in [0.5, 0.6) is 0 Å². The fourth-order valence-electron chi connectivity index (χ4n) is 2.69. The monoisotopic (exact) mass is 222 g/mol. The van der Waals surface area contributed by atoms with Crippen LogP contribution >= 0.6 is 0 Å². The highest BCUT2D eigenvalue weighted by Crippen LogP contribution is 2.42. The predicted octanol–water partition coefficient (Wildman–Crippen LogP) is 2.74. The molecule has 0 aliphatic heterocycles. The Kier molecular flexibility index (Phi) is 2.74. The molecule has 1 aliphatic rings. The van der Waals surface area contributed by atoms with Gasteiger partial charge in [0.25, 0.3) is 0 Å². The number of fused-ring (bicyclic) bond motifs is 1. The molecule has 88 valence electrons. The van der Waals surface area contributed by atoms with Crippen LogP contribution in [-0.2, 0) is 0 Å². The molecule has 0 saturated heterocycles. The molecule has 0 amide bonds. The van der Waals surface area contributed by atoms with Gasteiger partial charge in [-0.05, 0) is 24.7 Å². The van der Waals surface area contributed by atoms with Gasteiger partial charge in [-0.2, -0.15) is 5.10 Å². The lowest BCUT2D eigenvalue weighted by molar-refractivity contribution is 0.0688. The summed E-state index contributed by atoms with van der Waals surface area (Å²) in [6, 6.07) is 0. The van der Waals surface area contributed by atoms with Gasteiger partial charge in [0.05, 0.1) is 0 Å². The van der Waals surface area contributed by atoms with Gasteiger partial charge in [0.15, 0.2) is 5.69 Å². The van der Waals surface area contributed by atoms with Gasteiger partial charge in [-0.1, -0.05) is 20.8 Å². The van der Waals surface area contributed by atoms with Crippen LogP contribution in [0.1, 0.15) is 67.2 Å². The number of aromatic nitrogens is 2. The summed E-state index contributed by atoms with van der Waals surface area (Å²) in [4.78, 5) is 11.1. The lowest BCUT2D eigenvalue weighted by Crippen LogP contribution is -2.18. The van der Waals surface area contributed by atoms with Gasteiger partial charge in [-0.3, -0.25) is 5.10 Å². The maximum atomic E-state index is 11.1. The molecule has 0 spiro atoms. The summed E-state index contributed by atoms with van der Waals surface area (Å²) in [5.41, 5.74) is 2.19. The molecule has 2 rings (SSSR count). The molecule has 0 saturated carbocycles. The molecular formula is C12H18N2O2. The van der Waals surface area contributed by atoms with Crippen LogP contribution in [0.15, 0.2) is 0 Å². The molecular weight excluding hydrogens is 204 g/mol. The molecule has 4 nitrogen and oxygen atoms in total. The van der Waals surface area contributed by atoms with Gasteiger partial charge in [-0.25, -0.2) is 4.79 Å². The highest BCUT2D eigenvalue weighted by Gasteiger charge is 2.33. The fourth-order valence-corrected chi connectivity index (χ4v) is 2.69. The van der Waals surface area contributed by atoms with Gasteiger partial charge in [-0.15, -0.1) is 0 Å². The molecule has 1 aromatic rings. The number of aromatic carboxylic acids is 1. The van der Waals surface area contributed by atoms with Gasteiger partial charge < -0.3 is 5.11 Å². The van der Waals surface area contributed by atoms with Crippen molar-refractivity contribution in [2.75, 3.05) is 0 Å². The Morgan fingerprint density at radius 3 is 2.75 bits per heavy atom. The number of hydrogen-bond donors (Lipinski definition) is 2. The Morgan fingerprint density at radius 1 is 1.50 bits per heavy atom. The summed E-state index contributed by atoms with van der Waals surface area (Å²) in [5.74, 6) is 0.323. The van der Waals surface area contributed by atoms with E-state index in [1.54, 1.807) is 0 Å². The van der Waals surface area contributed by atoms with E-state index in [-0.39, 0.29) is 5.69 Å². The van der Waals surface area contributed by atoms with E-state index >= 15 is 0 Å². The van der Waals surface area contributed by atoms with Crippen molar-refractivity contribution in [3.63, 3.8) is 0 Å². The summed E-state index contributed by atoms with van der Waals surface area (Å²) in [6.45, 7) is 6.43. The highest BCUT2D eigenvalue weighted by molar-refractivity contribution is 5.87. The van der Waals surface area contributed by atoms with E-state index in [0.29, 0.717) is 17.8 Å². The van der Waals surface area contributed by atoms with Gasteiger partial charge in [0.1, 0.15) is 0 Å². The first-order valence-corrected chi connectivity index (χ1v) is 5.83. The number of carboxylic acid groups (broad SMARTS) is 1. The van der Waals surface area contributed by atoms with E-state index in [0.717, 1.165) is 24.1 Å². The molecule has 16 heavy (non-hydrogen) atoms. The van der Waals surface area contributed by atoms with Crippen molar-refractivity contribution >= 4 is 5.97 Å². The van der Waals surface area contributed by atoms with Crippen molar-refractivity contribution in [2.45, 2.75) is 45.4 Å². The van der Waals surface area contributed by atoms with E-state index in [4.69, 9.17) is 5.11 Å². The van der Waals surface area contributed by atoms with Crippen molar-refractivity contribution in [3.8, 4) is 0 Å². The molecule has 1 aliphatic carbocycles. The van der Waals surface area contributed by atoms with E-state index in [1.165, 1.54) is 0 Å². The molecule has 0 aromatic carbocycles. The number of hydrogen-bond acceptors (Lipinski definition) is 2. The number of H-pyrrole nitrogens is 1. The molecule has 0 fully saturated rings. The average molecular weight is 222 g/mol. The first kappa shape index (κ1) is 11.2. The summed E-state index contributed by atoms with van der Waals surface area (Å²) in [5, 5.41) is 16.0. The second-order valence-electron chi connectivity index (χ2n) is 5.03. The summed E-state index contributed by atoms with van der Waals surface area (Å²) in [7, 11) is 0. The maximum absolute atomic E-state index is 11.1. The topological polar surface area (TPSA) is 66.0 Å². The van der Waals surface area contributed by atoms with Crippen LogP contribution in [0.2, 0.25) is 0 Å². The molecule has 4 heteroatoms. The zero-order chi connectivity index (χ0) is 11.9. The lowest BCUT2D eigenvalue weighted by atomic mass is 9.76. The summed E-state index contributed by atoms with van der Waals surface area (Å²) < 4.78 is 0. The molecule has 0 radical (unpaired) electrons. The summed E-state index contributed by atoms with van der Waals surface area (Å²) in [6.07, 6.45) is 2.17. The Hall–Kier alpha value is -1.32. The van der Waals surface area contributed by atoms with Gasteiger partial charge >= 0.3 is 5.97 Å². The van der Waals surface area contributed by atoms with Crippen molar-refractivity contribution in [1.29, 1.82) is 0 Å². The third-order valence-corrected chi connectivity index (χ3v) is 3.62. The van der Waals surface area contributed by atoms with Crippen LogP contribution in [0, 0.1) is 5.92 Å². The Labute approximate surface area is 95.1 Å². The number of nitrogens with one attached hydrogen (secondary N) is 1. The van der Waals surface area contributed by atoms with E-state index < -0.39 is 5.97 Å². The van der Waals surface area contributed by atoms with Crippen molar-refractivity contribution < 1.29 is 9.90 Å². The molecule has 0 unspecified atom stereocenters. The fraction of sp³-hybridized carbons (Fsp3) is 0.667. The van der Waals surface area contributed by atoms with Crippen LogP contribution < -0.4 is 0 Å². The van der Waals surface area contributed by atoms with Crippen LogP contribution in [0.25, 0.3) is 0 Å². The van der Waals surface area contributed by atoms with Crippen molar-refractivity contribution in [1.82, 2.24) is 10.2 Å². The predicted molar refractivity (Wildman–Crippen MR) is 60.8 cm³/mol. The number of carbonyl (C=O) groups is 1. The van der Waals surface area contributed by atoms with E-state index in [1.807, 2.05) is 0 Å². The van der Waals surface area contributed by atoms with Crippen LogP contribution in [-0.4, -0.2) is 21.3 Å². The standard InChI is InChI=1S/C12H18N2O2/c1-6(2)8-5-4-7(3)9-10(8)13-14-11(9)12(15)16/h6-8H,4-5H2,1-3H3,(H,13,14)(H,15,16)/t7-,8+/m0/s1. The van der Waals surface area contributed by atoms with Gasteiger partial charge in [0.2, 0.25) is 0 Å². The maximum Gasteiger partial charge on any atom is 0.356 e. The van der Waals surface area contributed by atoms with Crippen molar-refractivity contribution in [2.24, 2.45) is 5.92 Å². The molecule has 1 aromatic heterocycles. The zero-order valence-corrected chi connectivity index (χ0v) is 9.95. The average Bonchev–Trinajstić information content (AvgIpc) is 2.62. The third-order valence-electron chi connectivity index (χ3n) is 3.62. The summed E-state index contributed by atoms with van der Waals surface area (Å²) >= 11 is 0. The molecule has 0 bridgehead atoms. The number of rotatable bonds is 2. The largest absolute Gasteiger partial charge is 0.476 e. The minimum atomic E-state index is -0.922. The SMILES string of the molecule is CC(C)[C@H]1CC[C@H](C)c2c(C(=O)O)n[nH]c21. The zero-order valence-electron chi connectivity index (χ0n) is 9.95. The molecule has 1 heterocycles. The van der Waals surface area contributed by atoms with Crippen LogP contribution in [0.4, 0.5) is 0 Å². The minimum absolute atomic E-state index is 0.216. The van der Waals surface area contributed by atoms with Crippen molar-refractivity contribution in [3.05, 3.63) is 17.0 Å². The third kappa shape index (κ3) is 1.62. The highest BCUT2D eigenvalue weighted by atomic mass is 16.4. The first-order chi connectivity index (χ1) is 7.52. The number of aromatic amines is 1. The quantitative estimate of drug-likeness (QED) is 0.808. The van der Waals surface area contributed by atoms with E-state index in [9.17, 15) is 4.79 Å². The number of nitrogens with zero attached hydrogens (tertiary/aromatic N) is 1. The minimum Gasteiger partial charge on any atom is -0.476 e. The normalized spacial score (nSPS) is 24.5. The molecule has 2 atom stereocenters. The Balaban J connectivity index is 2.49. The second-order valence-corrected chi connectivity index (χ2v) is 5.03. The Morgan fingerprint density at radius 2 is 2.19 bits per heavy atom. The Bertz CT molecular complexity index is 409. The van der Waals surface area contributed by atoms with Gasteiger partial charge in [0, 0.05) is 17.2 Å². The van der Waals surface area contributed by atoms with E-state index in [2.05, 4.69) is 31.0 Å². The van der Waals surface area contributed by atoms with Crippen LogP contribution in [0.3, 0.4) is 0 Å². The first-order valence-electron chi connectivity index (χ1n) is 5.83.